The molecule has 1 N–H and O–H groups in total. The third kappa shape index (κ3) is 4.88. The number of nitrogens with zero attached hydrogens (tertiary/aromatic N) is 3. The molecule has 29 heavy (non-hydrogen) atoms. The SMILES string of the molecule is O=C(CSc1nnc(-c2ccco2)n1Cc1ccccc1)Nc1cccc(Cl)c1. The quantitative estimate of drug-likeness (QED) is 0.424. The maximum Gasteiger partial charge on any atom is 0.234 e. The fourth-order valence-corrected chi connectivity index (χ4v) is 3.71. The number of benzene rings is 2. The number of carbonyl (C=O) groups excluding carboxylic acids is 1. The molecule has 4 aromatic rings. The van der Waals surface area contributed by atoms with Crippen LogP contribution in [0.3, 0.4) is 0 Å². The number of rotatable bonds is 7. The van der Waals surface area contributed by atoms with Gasteiger partial charge in [-0.3, -0.25) is 9.36 Å². The number of carbonyl (C=O) groups is 1. The van der Waals surface area contributed by atoms with Gasteiger partial charge in [-0.25, -0.2) is 0 Å². The third-order valence-electron chi connectivity index (χ3n) is 4.08. The first-order chi connectivity index (χ1) is 14.2. The van der Waals surface area contributed by atoms with Gasteiger partial charge >= 0.3 is 0 Å². The number of hydrogen-bond acceptors (Lipinski definition) is 5. The first-order valence-corrected chi connectivity index (χ1v) is 10.2. The Labute approximate surface area is 176 Å². The number of amides is 1. The maximum atomic E-state index is 12.4. The van der Waals surface area contributed by atoms with E-state index in [0.717, 1.165) is 5.56 Å². The molecule has 146 valence electrons. The molecule has 0 aliphatic rings. The monoisotopic (exact) mass is 424 g/mol. The van der Waals surface area contributed by atoms with Gasteiger partial charge in [-0.2, -0.15) is 0 Å². The minimum atomic E-state index is -0.147. The van der Waals surface area contributed by atoms with Gasteiger partial charge in [-0.1, -0.05) is 59.8 Å². The molecule has 0 saturated heterocycles. The van der Waals surface area contributed by atoms with Gasteiger partial charge in [0.1, 0.15) is 0 Å². The van der Waals surface area contributed by atoms with Crippen molar-refractivity contribution in [3.8, 4) is 11.6 Å². The fourth-order valence-electron chi connectivity index (χ4n) is 2.79. The van der Waals surface area contributed by atoms with Gasteiger partial charge in [-0.05, 0) is 35.9 Å². The smallest absolute Gasteiger partial charge is 0.234 e. The number of hydrogen-bond donors (Lipinski definition) is 1. The second-order valence-electron chi connectivity index (χ2n) is 6.20. The molecule has 2 heterocycles. The molecule has 4 rings (SSSR count). The van der Waals surface area contributed by atoms with Crippen LogP contribution in [0.5, 0.6) is 0 Å². The summed E-state index contributed by atoms with van der Waals surface area (Å²) in [5.41, 5.74) is 1.76. The van der Waals surface area contributed by atoms with Crippen LogP contribution >= 0.6 is 23.4 Å². The molecular weight excluding hydrogens is 408 g/mol. The summed E-state index contributed by atoms with van der Waals surface area (Å²) in [6.07, 6.45) is 1.60. The van der Waals surface area contributed by atoms with Crippen molar-refractivity contribution >= 4 is 35.0 Å². The zero-order chi connectivity index (χ0) is 20.1. The lowest BCUT2D eigenvalue weighted by Crippen LogP contribution is -2.14. The normalized spacial score (nSPS) is 10.8. The van der Waals surface area contributed by atoms with E-state index in [1.54, 1.807) is 30.5 Å². The fraction of sp³-hybridized carbons (Fsp3) is 0.0952. The van der Waals surface area contributed by atoms with Crippen molar-refractivity contribution in [2.24, 2.45) is 0 Å². The zero-order valence-electron chi connectivity index (χ0n) is 15.3. The van der Waals surface area contributed by atoms with E-state index in [9.17, 15) is 4.79 Å². The van der Waals surface area contributed by atoms with Crippen molar-refractivity contribution in [2.75, 3.05) is 11.1 Å². The minimum Gasteiger partial charge on any atom is -0.461 e. The van der Waals surface area contributed by atoms with Gasteiger partial charge in [0.15, 0.2) is 10.9 Å². The standard InChI is InChI=1S/C21H17ClN4O2S/c22-16-8-4-9-17(12-16)23-19(27)14-29-21-25-24-20(18-10-5-11-28-18)26(21)13-15-6-2-1-3-7-15/h1-12H,13-14H2,(H,23,27). The van der Waals surface area contributed by atoms with Gasteiger partial charge < -0.3 is 9.73 Å². The van der Waals surface area contributed by atoms with Gasteiger partial charge in [0.05, 0.1) is 18.6 Å². The highest BCUT2D eigenvalue weighted by atomic mass is 35.5. The summed E-state index contributed by atoms with van der Waals surface area (Å²) in [6, 6.07) is 20.7. The third-order valence-corrected chi connectivity index (χ3v) is 5.28. The molecule has 0 atom stereocenters. The second kappa shape index (κ2) is 8.98. The van der Waals surface area contributed by atoms with Gasteiger partial charge in [0, 0.05) is 10.7 Å². The second-order valence-corrected chi connectivity index (χ2v) is 7.58. The lowest BCUT2D eigenvalue weighted by Gasteiger charge is -2.09. The molecule has 0 aliphatic carbocycles. The molecule has 0 bridgehead atoms. The summed E-state index contributed by atoms with van der Waals surface area (Å²) >= 11 is 7.28. The number of halogens is 1. The predicted octanol–water partition coefficient (Wildman–Crippen LogP) is 4.97. The van der Waals surface area contributed by atoms with Gasteiger partial charge in [-0.15, -0.1) is 10.2 Å². The lowest BCUT2D eigenvalue weighted by atomic mass is 10.2. The predicted molar refractivity (Wildman–Crippen MR) is 114 cm³/mol. The Balaban J connectivity index is 1.51. The minimum absolute atomic E-state index is 0.147. The lowest BCUT2D eigenvalue weighted by molar-refractivity contribution is -0.113. The molecule has 0 aliphatic heterocycles. The first-order valence-electron chi connectivity index (χ1n) is 8.88. The van der Waals surface area contributed by atoms with Crippen LogP contribution < -0.4 is 5.32 Å². The summed E-state index contributed by atoms with van der Waals surface area (Å²) in [5, 5.41) is 12.6. The van der Waals surface area contributed by atoms with Crippen LogP contribution in [0.25, 0.3) is 11.6 Å². The Bertz CT molecular complexity index is 1100. The van der Waals surface area contributed by atoms with Crippen molar-refractivity contribution in [2.45, 2.75) is 11.7 Å². The van der Waals surface area contributed by atoms with Crippen molar-refractivity contribution in [1.29, 1.82) is 0 Å². The highest BCUT2D eigenvalue weighted by Gasteiger charge is 2.18. The highest BCUT2D eigenvalue weighted by Crippen LogP contribution is 2.26. The van der Waals surface area contributed by atoms with E-state index in [1.165, 1.54) is 11.8 Å². The molecule has 0 fully saturated rings. The highest BCUT2D eigenvalue weighted by molar-refractivity contribution is 7.99. The summed E-state index contributed by atoms with van der Waals surface area (Å²) in [5.74, 6) is 1.30. The number of furan rings is 1. The van der Waals surface area contributed by atoms with Crippen molar-refractivity contribution in [3.63, 3.8) is 0 Å². The Morgan fingerprint density at radius 3 is 2.69 bits per heavy atom. The van der Waals surface area contributed by atoms with Crippen LogP contribution in [-0.4, -0.2) is 26.4 Å². The maximum absolute atomic E-state index is 12.4. The number of anilines is 1. The molecular formula is C21H17ClN4O2S. The van der Waals surface area contributed by atoms with Crippen LogP contribution in [0, 0.1) is 0 Å². The molecule has 0 spiro atoms. The van der Waals surface area contributed by atoms with E-state index < -0.39 is 0 Å². The van der Waals surface area contributed by atoms with Crippen LogP contribution in [0.15, 0.2) is 82.6 Å². The van der Waals surface area contributed by atoms with Crippen molar-refractivity contribution < 1.29 is 9.21 Å². The van der Waals surface area contributed by atoms with E-state index >= 15 is 0 Å². The topological polar surface area (TPSA) is 73.0 Å². The molecule has 8 heteroatoms. The molecule has 2 aromatic carbocycles. The largest absolute Gasteiger partial charge is 0.461 e. The Hall–Kier alpha value is -3.03. The Kier molecular flexibility index (Phi) is 5.97. The van der Waals surface area contributed by atoms with E-state index in [2.05, 4.69) is 15.5 Å². The first kappa shape index (κ1) is 19.3. The molecule has 6 nitrogen and oxygen atoms in total. The average Bonchev–Trinajstić information content (AvgIpc) is 3.37. The number of thioether (sulfide) groups is 1. The number of aromatic nitrogens is 3. The van der Waals surface area contributed by atoms with E-state index in [1.807, 2.05) is 47.0 Å². The van der Waals surface area contributed by atoms with E-state index in [0.29, 0.717) is 34.0 Å². The van der Waals surface area contributed by atoms with E-state index in [-0.39, 0.29) is 11.7 Å². The molecule has 2 aromatic heterocycles. The Morgan fingerprint density at radius 1 is 1.07 bits per heavy atom. The number of nitrogens with one attached hydrogen (secondary N) is 1. The molecule has 1 amide bonds. The van der Waals surface area contributed by atoms with Gasteiger partial charge in [0.25, 0.3) is 0 Å². The summed E-state index contributed by atoms with van der Waals surface area (Å²) in [6.45, 7) is 0.572. The summed E-state index contributed by atoms with van der Waals surface area (Å²) in [4.78, 5) is 12.4. The Morgan fingerprint density at radius 2 is 1.93 bits per heavy atom. The van der Waals surface area contributed by atoms with Crippen LogP contribution in [0.1, 0.15) is 5.56 Å². The van der Waals surface area contributed by atoms with Crippen molar-refractivity contribution in [1.82, 2.24) is 14.8 Å². The summed E-state index contributed by atoms with van der Waals surface area (Å²) < 4.78 is 7.45. The van der Waals surface area contributed by atoms with Crippen LogP contribution in [-0.2, 0) is 11.3 Å². The summed E-state index contributed by atoms with van der Waals surface area (Å²) in [7, 11) is 0. The zero-order valence-corrected chi connectivity index (χ0v) is 16.9. The average molecular weight is 425 g/mol. The molecule has 0 saturated carbocycles. The van der Waals surface area contributed by atoms with Crippen molar-refractivity contribution in [3.05, 3.63) is 83.6 Å². The van der Waals surface area contributed by atoms with Crippen LogP contribution in [0.2, 0.25) is 5.02 Å². The van der Waals surface area contributed by atoms with Crippen LogP contribution in [0.4, 0.5) is 5.69 Å². The molecule has 0 radical (unpaired) electrons. The molecule has 0 unspecified atom stereocenters. The van der Waals surface area contributed by atoms with E-state index in [4.69, 9.17) is 16.0 Å². The van der Waals surface area contributed by atoms with Gasteiger partial charge in [0.2, 0.25) is 11.7 Å².